The van der Waals surface area contributed by atoms with Crippen molar-refractivity contribution >= 4 is 34.3 Å². The summed E-state index contributed by atoms with van der Waals surface area (Å²) in [5, 5.41) is 2.97. The number of benzene rings is 3. The molecule has 0 saturated carbocycles. The standard InChI is InChI=1S/C26H20F4N4O5/c1-37-23-13-20-21(12-15(23)14-31)32-11-10-22(20)38-19-8-6-18(7-9-19)34(39-24(35)26(28,29)30)25(36)33-17-4-2-16(27)3-5-17/h2-13H,14,31H2,1H3,(H,33,36). The molecule has 0 fully saturated rings. The Morgan fingerprint density at radius 2 is 1.69 bits per heavy atom. The summed E-state index contributed by atoms with van der Waals surface area (Å²) in [6.45, 7) is 0.234. The van der Waals surface area contributed by atoms with Crippen LogP contribution in [-0.4, -0.2) is 30.3 Å². The molecule has 0 spiro atoms. The quantitative estimate of drug-likeness (QED) is 0.237. The highest BCUT2D eigenvalue weighted by Crippen LogP contribution is 2.34. The number of hydroxylamine groups is 1. The fourth-order valence-corrected chi connectivity index (χ4v) is 3.46. The number of pyridine rings is 1. The van der Waals surface area contributed by atoms with Crippen molar-refractivity contribution in [1.29, 1.82) is 0 Å². The van der Waals surface area contributed by atoms with E-state index in [-0.39, 0.29) is 28.7 Å². The van der Waals surface area contributed by atoms with Crippen LogP contribution >= 0.6 is 0 Å². The number of aromatic nitrogens is 1. The Hall–Kier alpha value is -4.91. The molecule has 0 aliphatic rings. The van der Waals surface area contributed by atoms with Gasteiger partial charge in [-0.15, -0.1) is 5.06 Å². The van der Waals surface area contributed by atoms with Gasteiger partial charge in [0.15, 0.2) is 0 Å². The van der Waals surface area contributed by atoms with E-state index in [1.807, 2.05) is 0 Å². The van der Waals surface area contributed by atoms with Gasteiger partial charge in [0.05, 0.1) is 18.3 Å². The minimum absolute atomic E-state index is 0.0483. The molecule has 3 N–H and O–H groups in total. The Labute approximate surface area is 218 Å². The van der Waals surface area contributed by atoms with Gasteiger partial charge in [0.2, 0.25) is 0 Å². The van der Waals surface area contributed by atoms with Crippen LogP contribution in [0, 0.1) is 5.82 Å². The van der Waals surface area contributed by atoms with E-state index in [2.05, 4.69) is 15.1 Å². The molecule has 4 aromatic rings. The van der Waals surface area contributed by atoms with Gasteiger partial charge in [-0.1, -0.05) is 0 Å². The van der Waals surface area contributed by atoms with Gasteiger partial charge in [0, 0.05) is 29.4 Å². The maximum absolute atomic E-state index is 13.2. The summed E-state index contributed by atoms with van der Waals surface area (Å²) in [5.74, 6) is -2.04. The Morgan fingerprint density at radius 3 is 2.31 bits per heavy atom. The number of halogens is 4. The molecule has 0 radical (unpaired) electrons. The second kappa shape index (κ2) is 11.2. The summed E-state index contributed by atoms with van der Waals surface area (Å²) >= 11 is 0. The highest BCUT2D eigenvalue weighted by molar-refractivity contribution is 6.01. The molecule has 3 aromatic carbocycles. The van der Waals surface area contributed by atoms with Crippen LogP contribution in [0.2, 0.25) is 0 Å². The van der Waals surface area contributed by atoms with E-state index >= 15 is 0 Å². The molecule has 202 valence electrons. The summed E-state index contributed by atoms with van der Waals surface area (Å²) in [4.78, 5) is 32.9. The molecule has 0 saturated heterocycles. The maximum Gasteiger partial charge on any atom is 0.493 e. The first-order chi connectivity index (χ1) is 18.6. The molecule has 0 aliphatic carbocycles. The van der Waals surface area contributed by atoms with Crippen molar-refractivity contribution in [2.75, 3.05) is 17.5 Å². The zero-order valence-corrected chi connectivity index (χ0v) is 20.2. The van der Waals surface area contributed by atoms with Crippen molar-refractivity contribution in [1.82, 2.24) is 4.98 Å². The van der Waals surface area contributed by atoms with Gasteiger partial charge in [0.1, 0.15) is 23.1 Å². The van der Waals surface area contributed by atoms with Crippen molar-refractivity contribution in [2.24, 2.45) is 5.73 Å². The number of nitrogens with one attached hydrogen (secondary N) is 1. The monoisotopic (exact) mass is 544 g/mol. The molecular formula is C26H20F4N4O5. The zero-order chi connectivity index (χ0) is 28.2. The van der Waals surface area contributed by atoms with Crippen LogP contribution in [0.25, 0.3) is 10.9 Å². The van der Waals surface area contributed by atoms with E-state index < -0.39 is 24.0 Å². The first kappa shape index (κ1) is 27.1. The molecule has 0 atom stereocenters. The number of hydrogen-bond acceptors (Lipinski definition) is 7. The van der Waals surface area contributed by atoms with Crippen molar-refractivity contribution in [3.05, 3.63) is 84.3 Å². The lowest BCUT2D eigenvalue weighted by Gasteiger charge is -2.22. The van der Waals surface area contributed by atoms with Gasteiger partial charge in [-0.25, -0.2) is 14.0 Å². The molecule has 1 heterocycles. The number of carbonyl (C=O) groups is 2. The number of nitrogens with zero attached hydrogens (tertiary/aromatic N) is 2. The fraction of sp³-hybridized carbons (Fsp3) is 0.115. The third kappa shape index (κ3) is 6.33. The number of amides is 2. The van der Waals surface area contributed by atoms with Gasteiger partial charge in [-0.05, 0) is 66.7 Å². The number of rotatable bonds is 6. The van der Waals surface area contributed by atoms with Gasteiger partial charge in [-0.2, -0.15) is 13.2 Å². The third-order valence-corrected chi connectivity index (χ3v) is 5.31. The van der Waals surface area contributed by atoms with Crippen molar-refractivity contribution in [3.63, 3.8) is 0 Å². The van der Waals surface area contributed by atoms with Crippen LogP contribution in [0.1, 0.15) is 5.56 Å². The Bertz CT molecular complexity index is 1500. The highest BCUT2D eigenvalue weighted by atomic mass is 19.4. The molecule has 0 unspecified atom stereocenters. The summed E-state index contributed by atoms with van der Waals surface area (Å²) in [5.41, 5.74) is 6.91. The number of ether oxygens (including phenoxy) is 2. The second-order valence-electron chi connectivity index (χ2n) is 7.90. The van der Waals surface area contributed by atoms with E-state index in [4.69, 9.17) is 15.2 Å². The van der Waals surface area contributed by atoms with Crippen LogP contribution in [0.3, 0.4) is 0 Å². The lowest BCUT2D eigenvalue weighted by molar-refractivity contribution is -0.199. The van der Waals surface area contributed by atoms with Crippen molar-refractivity contribution in [2.45, 2.75) is 12.7 Å². The number of fused-ring (bicyclic) bond motifs is 1. The SMILES string of the molecule is COc1cc2c(Oc3ccc(N(OC(=O)C(F)(F)F)C(=O)Nc4ccc(F)cc4)cc3)ccnc2cc1CN. The summed E-state index contributed by atoms with van der Waals surface area (Å²) in [6.07, 6.45) is -3.85. The Kier molecular flexibility index (Phi) is 7.81. The molecule has 0 bridgehead atoms. The van der Waals surface area contributed by atoms with E-state index in [0.717, 1.165) is 17.7 Å². The number of methoxy groups -OCH3 is 1. The topological polar surface area (TPSA) is 116 Å². The van der Waals surface area contributed by atoms with Crippen LogP contribution in [0.5, 0.6) is 17.2 Å². The largest absolute Gasteiger partial charge is 0.496 e. The number of hydrogen-bond donors (Lipinski definition) is 2. The van der Waals surface area contributed by atoms with E-state index in [1.54, 1.807) is 18.2 Å². The number of urea groups is 1. The highest BCUT2D eigenvalue weighted by Gasteiger charge is 2.43. The van der Waals surface area contributed by atoms with Gasteiger partial charge in [0.25, 0.3) is 0 Å². The summed E-state index contributed by atoms with van der Waals surface area (Å²) < 4.78 is 63.1. The first-order valence-corrected chi connectivity index (χ1v) is 11.2. The van der Waals surface area contributed by atoms with Crippen molar-refractivity contribution < 1.29 is 41.5 Å². The van der Waals surface area contributed by atoms with E-state index in [9.17, 15) is 27.2 Å². The average molecular weight is 544 g/mol. The smallest absolute Gasteiger partial charge is 0.493 e. The van der Waals surface area contributed by atoms with E-state index in [1.165, 1.54) is 49.7 Å². The normalized spacial score (nSPS) is 11.1. The molecule has 13 heteroatoms. The summed E-state index contributed by atoms with van der Waals surface area (Å²) in [7, 11) is 1.50. The van der Waals surface area contributed by atoms with Crippen LogP contribution in [0.4, 0.5) is 33.7 Å². The Balaban J connectivity index is 1.61. The van der Waals surface area contributed by atoms with E-state index in [0.29, 0.717) is 22.4 Å². The van der Waals surface area contributed by atoms with Gasteiger partial charge < -0.3 is 25.4 Å². The predicted molar refractivity (Wildman–Crippen MR) is 133 cm³/mol. The van der Waals surface area contributed by atoms with Gasteiger partial charge in [-0.3, -0.25) is 4.98 Å². The zero-order valence-electron chi connectivity index (χ0n) is 20.2. The lowest BCUT2D eigenvalue weighted by atomic mass is 10.1. The molecule has 0 aliphatic heterocycles. The van der Waals surface area contributed by atoms with Crippen LogP contribution < -0.4 is 25.6 Å². The molecule has 2 amide bonds. The minimum Gasteiger partial charge on any atom is -0.496 e. The fourth-order valence-electron chi connectivity index (χ4n) is 3.46. The van der Waals surface area contributed by atoms with Gasteiger partial charge >= 0.3 is 18.2 Å². The Morgan fingerprint density at radius 1 is 1.00 bits per heavy atom. The first-order valence-electron chi connectivity index (χ1n) is 11.2. The number of nitrogens with two attached hydrogens (primary N) is 1. The molecular weight excluding hydrogens is 524 g/mol. The lowest BCUT2D eigenvalue weighted by Crippen LogP contribution is -2.41. The third-order valence-electron chi connectivity index (χ3n) is 5.31. The number of alkyl halides is 3. The van der Waals surface area contributed by atoms with Crippen LogP contribution in [0.15, 0.2) is 72.9 Å². The molecule has 39 heavy (non-hydrogen) atoms. The van der Waals surface area contributed by atoms with Crippen molar-refractivity contribution in [3.8, 4) is 17.2 Å². The number of anilines is 2. The summed E-state index contributed by atoms with van der Waals surface area (Å²) in [6, 6.07) is 13.4. The minimum atomic E-state index is -5.37. The maximum atomic E-state index is 13.2. The molecule has 9 nitrogen and oxygen atoms in total. The average Bonchev–Trinajstić information content (AvgIpc) is 2.92. The second-order valence-corrected chi connectivity index (χ2v) is 7.90. The van der Waals surface area contributed by atoms with Crippen LogP contribution in [-0.2, 0) is 16.2 Å². The predicted octanol–water partition coefficient (Wildman–Crippen LogP) is 5.69. The molecule has 4 rings (SSSR count). The molecule has 1 aromatic heterocycles. The number of carbonyl (C=O) groups excluding carboxylic acids is 2.